The van der Waals surface area contributed by atoms with Gasteiger partial charge in [-0.05, 0) is 41.3 Å². The summed E-state index contributed by atoms with van der Waals surface area (Å²) in [5.41, 5.74) is 0.690. The molecule has 1 fully saturated rings. The third-order valence-corrected chi connectivity index (χ3v) is 3.78. The van der Waals surface area contributed by atoms with Crippen molar-refractivity contribution in [3.05, 3.63) is 22.3 Å². The summed E-state index contributed by atoms with van der Waals surface area (Å²) in [6.07, 6.45) is 5.27. The van der Waals surface area contributed by atoms with E-state index < -0.39 is 6.10 Å². The third kappa shape index (κ3) is 1.47. The Bertz CT molecular complexity index is 404. The van der Waals surface area contributed by atoms with Gasteiger partial charge in [0.1, 0.15) is 5.60 Å². The standard InChI is InChI=1S/C11H12BrNO2/c12-7-4-8-9(14)5-11(2-1-3-11)15-10(8)13-6-7/h4,6,9,14H,1-3,5H2/t9-/m1/s1. The van der Waals surface area contributed by atoms with E-state index in [0.717, 1.165) is 22.9 Å². The van der Waals surface area contributed by atoms with Gasteiger partial charge in [-0.3, -0.25) is 0 Å². The lowest BCUT2D eigenvalue weighted by molar-refractivity contribution is -0.0697. The Labute approximate surface area is 96.6 Å². The van der Waals surface area contributed by atoms with Gasteiger partial charge in [-0.1, -0.05) is 0 Å². The number of rotatable bonds is 0. The van der Waals surface area contributed by atoms with E-state index in [2.05, 4.69) is 20.9 Å². The van der Waals surface area contributed by atoms with Crippen molar-refractivity contribution >= 4 is 15.9 Å². The van der Waals surface area contributed by atoms with Crippen LogP contribution in [0, 0.1) is 0 Å². The van der Waals surface area contributed by atoms with Crippen molar-refractivity contribution in [2.75, 3.05) is 0 Å². The number of aromatic nitrogens is 1. The molecule has 0 amide bonds. The SMILES string of the molecule is O[C@@H]1CC2(CCC2)Oc2ncc(Br)cc21. The van der Waals surface area contributed by atoms with Crippen molar-refractivity contribution in [1.29, 1.82) is 0 Å². The fraction of sp³-hybridized carbons (Fsp3) is 0.545. The number of fused-ring (bicyclic) bond motifs is 1. The molecule has 3 rings (SSSR count). The second-order valence-electron chi connectivity index (χ2n) is 4.41. The second-order valence-corrected chi connectivity index (χ2v) is 5.32. The van der Waals surface area contributed by atoms with Gasteiger partial charge in [0.15, 0.2) is 0 Å². The molecule has 1 saturated carbocycles. The zero-order chi connectivity index (χ0) is 10.5. The Balaban J connectivity index is 2.01. The minimum atomic E-state index is -0.431. The lowest BCUT2D eigenvalue weighted by atomic mass is 9.74. The molecule has 1 aromatic heterocycles. The lowest BCUT2D eigenvalue weighted by Crippen LogP contribution is -2.47. The third-order valence-electron chi connectivity index (χ3n) is 3.35. The van der Waals surface area contributed by atoms with Crippen LogP contribution in [0.2, 0.25) is 0 Å². The molecule has 0 radical (unpaired) electrons. The van der Waals surface area contributed by atoms with Crippen molar-refractivity contribution in [1.82, 2.24) is 4.98 Å². The molecule has 1 N–H and O–H groups in total. The van der Waals surface area contributed by atoms with Gasteiger partial charge < -0.3 is 9.84 Å². The largest absolute Gasteiger partial charge is 0.471 e. The van der Waals surface area contributed by atoms with Crippen LogP contribution in [0.15, 0.2) is 16.7 Å². The van der Waals surface area contributed by atoms with E-state index in [1.807, 2.05) is 6.07 Å². The van der Waals surface area contributed by atoms with Gasteiger partial charge in [0, 0.05) is 22.7 Å². The van der Waals surface area contributed by atoms with Crippen LogP contribution >= 0.6 is 15.9 Å². The number of nitrogens with zero attached hydrogens (tertiary/aromatic N) is 1. The van der Waals surface area contributed by atoms with E-state index in [1.54, 1.807) is 6.20 Å². The zero-order valence-corrected chi connectivity index (χ0v) is 9.83. The van der Waals surface area contributed by atoms with Gasteiger partial charge in [-0.15, -0.1) is 0 Å². The average Bonchev–Trinajstić information content (AvgIpc) is 2.16. The van der Waals surface area contributed by atoms with Crippen LogP contribution in [0.1, 0.15) is 37.4 Å². The summed E-state index contributed by atoms with van der Waals surface area (Å²) in [7, 11) is 0. The Morgan fingerprint density at radius 2 is 2.33 bits per heavy atom. The van der Waals surface area contributed by atoms with Crippen LogP contribution in [0.4, 0.5) is 0 Å². The van der Waals surface area contributed by atoms with Crippen molar-refractivity contribution in [2.45, 2.75) is 37.4 Å². The summed E-state index contributed by atoms with van der Waals surface area (Å²) in [4.78, 5) is 4.22. The van der Waals surface area contributed by atoms with Crippen LogP contribution in [0.3, 0.4) is 0 Å². The monoisotopic (exact) mass is 269 g/mol. The molecule has 0 bridgehead atoms. The summed E-state index contributed by atoms with van der Waals surface area (Å²) in [6, 6.07) is 1.89. The molecule has 0 aromatic carbocycles. The molecule has 0 unspecified atom stereocenters. The van der Waals surface area contributed by atoms with Crippen LogP contribution in [0.25, 0.3) is 0 Å². The quantitative estimate of drug-likeness (QED) is 0.787. The number of aliphatic hydroxyl groups is 1. The first-order chi connectivity index (χ1) is 7.19. The molecule has 2 aliphatic rings. The summed E-state index contributed by atoms with van der Waals surface area (Å²) in [6.45, 7) is 0. The van der Waals surface area contributed by atoms with Crippen LogP contribution in [-0.4, -0.2) is 15.7 Å². The summed E-state index contributed by atoms with van der Waals surface area (Å²) in [5, 5.41) is 10.0. The first kappa shape index (κ1) is 9.60. The van der Waals surface area contributed by atoms with Gasteiger partial charge in [-0.25, -0.2) is 4.98 Å². The number of pyridine rings is 1. The molecule has 1 spiro atoms. The highest BCUT2D eigenvalue weighted by molar-refractivity contribution is 9.10. The van der Waals surface area contributed by atoms with E-state index in [1.165, 1.54) is 6.42 Å². The van der Waals surface area contributed by atoms with Gasteiger partial charge in [0.05, 0.1) is 6.10 Å². The zero-order valence-electron chi connectivity index (χ0n) is 8.24. The molecule has 1 atom stereocenters. The topological polar surface area (TPSA) is 42.4 Å². The molecule has 15 heavy (non-hydrogen) atoms. The van der Waals surface area contributed by atoms with E-state index in [9.17, 15) is 5.11 Å². The minimum absolute atomic E-state index is 0.118. The summed E-state index contributed by atoms with van der Waals surface area (Å²) in [5.74, 6) is 0.608. The Morgan fingerprint density at radius 1 is 1.53 bits per heavy atom. The molecule has 1 aromatic rings. The molecule has 4 heteroatoms. The van der Waals surface area contributed by atoms with Crippen LogP contribution < -0.4 is 4.74 Å². The maximum atomic E-state index is 10.0. The van der Waals surface area contributed by atoms with E-state index in [4.69, 9.17) is 4.74 Å². The smallest absolute Gasteiger partial charge is 0.219 e. The maximum absolute atomic E-state index is 10.0. The number of ether oxygens (including phenoxy) is 1. The molecule has 80 valence electrons. The Kier molecular flexibility index (Phi) is 2.04. The molecular formula is C11H12BrNO2. The number of halogens is 1. The average molecular weight is 270 g/mol. The molecule has 2 heterocycles. The van der Waals surface area contributed by atoms with Gasteiger partial charge in [0.25, 0.3) is 0 Å². The minimum Gasteiger partial charge on any atom is -0.471 e. The van der Waals surface area contributed by atoms with Gasteiger partial charge in [-0.2, -0.15) is 0 Å². The van der Waals surface area contributed by atoms with E-state index in [0.29, 0.717) is 12.3 Å². The highest BCUT2D eigenvalue weighted by Crippen LogP contribution is 2.48. The predicted octanol–water partition coefficient (Wildman–Crippen LogP) is 2.58. The highest BCUT2D eigenvalue weighted by Gasteiger charge is 2.45. The molecule has 0 saturated heterocycles. The van der Waals surface area contributed by atoms with Gasteiger partial charge >= 0.3 is 0 Å². The molecular weight excluding hydrogens is 258 g/mol. The van der Waals surface area contributed by atoms with Gasteiger partial charge in [0.2, 0.25) is 5.88 Å². The summed E-state index contributed by atoms with van der Waals surface area (Å²) < 4.78 is 6.77. The lowest BCUT2D eigenvalue weighted by Gasteiger charge is -2.46. The fourth-order valence-corrected chi connectivity index (χ4v) is 2.70. The molecule has 1 aliphatic heterocycles. The second kappa shape index (κ2) is 3.19. The first-order valence-electron chi connectivity index (χ1n) is 5.21. The van der Waals surface area contributed by atoms with Crippen molar-refractivity contribution < 1.29 is 9.84 Å². The predicted molar refractivity (Wildman–Crippen MR) is 58.7 cm³/mol. The highest BCUT2D eigenvalue weighted by atomic mass is 79.9. The van der Waals surface area contributed by atoms with Crippen molar-refractivity contribution in [3.8, 4) is 5.88 Å². The molecule has 3 nitrogen and oxygen atoms in total. The number of aliphatic hydroxyl groups excluding tert-OH is 1. The Morgan fingerprint density at radius 3 is 3.00 bits per heavy atom. The fourth-order valence-electron chi connectivity index (χ4n) is 2.35. The Hall–Kier alpha value is -0.610. The normalized spacial score (nSPS) is 26.7. The van der Waals surface area contributed by atoms with E-state index in [-0.39, 0.29) is 5.60 Å². The van der Waals surface area contributed by atoms with Crippen LogP contribution in [-0.2, 0) is 0 Å². The van der Waals surface area contributed by atoms with Crippen molar-refractivity contribution in [3.63, 3.8) is 0 Å². The number of hydrogen-bond acceptors (Lipinski definition) is 3. The number of hydrogen-bond donors (Lipinski definition) is 1. The van der Waals surface area contributed by atoms with Crippen molar-refractivity contribution in [2.24, 2.45) is 0 Å². The maximum Gasteiger partial charge on any atom is 0.219 e. The summed E-state index contributed by atoms with van der Waals surface area (Å²) >= 11 is 3.35. The van der Waals surface area contributed by atoms with E-state index >= 15 is 0 Å². The molecule has 1 aliphatic carbocycles. The van der Waals surface area contributed by atoms with Crippen LogP contribution in [0.5, 0.6) is 5.88 Å². The first-order valence-corrected chi connectivity index (χ1v) is 6.00.